The average Bonchev–Trinajstić information content (AvgIpc) is 3.30. The smallest absolute Gasteiger partial charge is 0.184 e. The van der Waals surface area contributed by atoms with E-state index in [2.05, 4.69) is 43.1 Å². The third-order valence-corrected chi connectivity index (χ3v) is 7.05. The van der Waals surface area contributed by atoms with Crippen molar-refractivity contribution < 1.29 is 24.1 Å². The van der Waals surface area contributed by atoms with E-state index in [4.69, 9.17) is 18.9 Å². The summed E-state index contributed by atoms with van der Waals surface area (Å²) in [5.41, 5.74) is 1.26. The molecule has 6 nitrogen and oxygen atoms in total. The van der Waals surface area contributed by atoms with Gasteiger partial charge in [-0.05, 0) is 32.9 Å². The zero-order chi connectivity index (χ0) is 25.1. The molecule has 0 aliphatic carbocycles. The van der Waals surface area contributed by atoms with E-state index in [1.807, 2.05) is 19.9 Å². The van der Waals surface area contributed by atoms with Crippen LogP contribution in [-0.2, 0) is 25.5 Å². The van der Waals surface area contributed by atoms with Gasteiger partial charge in [0.1, 0.15) is 18.3 Å². The molecule has 2 saturated heterocycles. The Labute approximate surface area is 213 Å². The molecule has 0 aromatic heterocycles. The van der Waals surface area contributed by atoms with Gasteiger partial charge in [0.25, 0.3) is 0 Å². The fraction of sp³-hybridized carbons (Fsp3) is 0.793. The molecular weight excluding hydrogens is 442 g/mol. The van der Waals surface area contributed by atoms with Crippen LogP contribution in [0.4, 0.5) is 0 Å². The van der Waals surface area contributed by atoms with Gasteiger partial charge in [-0.3, -0.25) is 4.90 Å². The van der Waals surface area contributed by atoms with Crippen molar-refractivity contribution in [3.05, 3.63) is 35.9 Å². The first-order valence-corrected chi connectivity index (χ1v) is 13.9. The standard InChI is InChI=1S/C29H49NO5/c1-5-6-7-8-9-10-11-12-13-17-20-32-24(22-30(4)21-23-18-15-14-16-19-23)25-26-27(28(31)33-25)35-29(2,3)34-26/h14-16,18-19,24-28,31H,5-13,17,20-22H2,1-4H3/t24-,25+,26-,27-,28-/m0/s1. The van der Waals surface area contributed by atoms with Crippen LogP contribution in [-0.4, -0.2) is 66.7 Å². The van der Waals surface area contributed by atoms with Crippen molar-refractivity contribution in [1.29, 1.82) is 0 Å². The van der Waals surface area contributed by atoms with Gasteiger partial charge in [0.2, 0.25) is 0 Å². The lowest BCUT2D eigenvalue weighted by Gasteiger charge is -2.31. The lowest BCUT2D eigenvalue weighted by Crippen LogP contribution is -2.46. The molecule has 0 saturated carbocycles. The topological polar surface area (TPSA) is 60.4 Å². The fourth-order valence-electron chi connectivity index (χ4n) is 5.25. The van der Waals surface area contributed by atoms with E-state index in [0.717, 1.165) is 13.0 Å². The highest BCUT2D eigenvalue weighted by Crippen LogP contribution is 2.39. The Bertz CT molecular complexity index is 700. The summed E-state index contributed by atoms with van der Waals surface area (Å²) >= 11 is 0. The summed E-state index contributed by atoms with van der Waals surface area (Å²) in [6.07, 6.45) is 10.6. The summed E-state index contributed by atoms with van der Waals surface area (Å²) in [4.78, 5) is 2.25. The van der Waals surface area contributed by atoms with Crippen molar-refractivity contribution in [2.24, 2.45) is 0 Å². The molecule has 1 N–H and O–H groups in total. The number of hydrogen-bond acceptors (Lipinski definition) is 6. The minimum Gasteiger partial charge on any atom is -0.374 e. The quantitative estimate of drug-likeness (QED) is 0.284. The summed E-state index contributed by atoms with van der Waals surface area (Å²) in [5.74, 6) is -0.727. The predicted molar refractivity (Wildman–Crippen MR) is 139 cm³/mol. The molecule has 2 heterocycles. The first-order chi connectivity index (χ1) is 16.9. The molecule has 2 fully saturated rings. The van der Waals surface area contributed by atoms with Crippen LogP contribution in [0, 0.1) is 0 Å². The maximum atomic E-state index is 10.5. The summed E-state index contributed by atoms with van der Waals surface area (Å²) in [6.45, 7) is 8.25. The number of likely N-dealkylation sites (N-methyl/N-ethyl adjacent to an activating group) is 1. The number of aliphatic hydroxyl groups excluding tert-OH is 1. The van der Waals surface area contributed by atoms with Crippen molar-refractivity contribution in [1.82, 2.24) is 4.90 Å². The second-order valence-electron chi connectivity index (χ2n) is 10.8. The number of unbranched alkanes of at least 4 members (excludes halogenated alkanes) is 9. The van der Waals surface area contributed by atoms with Crippen molar-refractivity contribution in [2.45, 2.75) is 128 Å². The lowest BCUT2D eigenvalue weighted by atomic mass is 10.0. The Hall–Kier alpha value is -1.02. The van der Waals surface area contributed by atoms with Crippen molar-refractivity contribution >= 4 is 0 Å². The molecule has 1 aromatic rings. The highest BCUT2D eigenvalue weighted by Gasteiger charge is 2.57. The number of benzene rings is 1. The van der Waals surface area contributed by atoms with E-state index in [-0.39, 0.29) is 18.3 Å². The molecule has 0 amide bonds. The largest absolute Gasteiger partial charge is 0.374 e. The Kier molecular flexibility index (Phi) is 12.0. The number of hydrogen-bond donors (Lipinski definition) is 1. The van der Waals surface area contributed by atoms with Gasteiger partial charge >= 0.3 is 0 Å². The molecule has 3 rings (SSSR count). The summed E-state index contributed by atoms with van der Waals surface area (Å²) < 4.78 is 24.4. The highest BCUT2D eigenvalue weighted by atomic mass is 16.8. The number of rotatable bonds is 17. The van der Waals surface area contributed by atoms with Crippen LogP contribution in [0.1, 0.15) is 90.5 Å². The summed E-state index contributed by atoms with van der Waals surface area (Å²) in [5, 5.41) is 10.5. The van der Waals surface area contributed by atoms with Gasteiger partial charge in [-0.25, -0.2) is 0 Å². The lowest BCUT2D eigenvalue weighted by molar-refractivity contribution is -0.234. The molecule has 2 aliphatic heterocycles. The van der Waals surface area contributed by atoms with Gasteiger partial charge in [-0.1, -0.05) is 95.0 Å². The van der Waals surface area contributed by atoms with Gasteiger partial charge in [-0.2, -0.15) is 0 Å². The molecule has 200 valence electrons. The molecule has 0 unspecified atom stereocenters. The average molecular weight is 492 g/mol. The summed E-state index contributed by atoms with van der Waals surface area (Å²) in [6, 6.07) is 10.4. The van der Waals surface area contributed by atoms with Gasteiger partial charge in [0, 0.05) is 19.7 Å². The molecule has 6 heteroatoms. The van der Waals surface area contributed by atoms with Crippen molar-refractivity contribution in [3.63, 3.8) is 0 Å². The second-order valence-corrected chi connectivity index (χ2v) is 10.8. The summed E-state index contributed by atoms with van der Waals surface area (Å²) in [7, 11) is 2.10. The fourth-order valence-corrected chi connectivity index (χ4v) is 5.25. The first kappa shape index (κ1) is 28.5. The van der Waals surface area contributed by atoms with Crippen LogP contribution in [0.2, 0.25) is 0 Å². The molecule has 5 atom stereocenters. The SMILES string of the molecule is CCCCCCCCCCCCO[C@@H](CN(C)Cc1ccccc1)[C@H]1O[C@H](O)[C@H]2OC(C)(C)O[C@@H]12. The van der Waals surface area contributed by atoms with Crippen LogP contribution in [0.5, 0.6) is 0 Å². The van der Waals surface area contributed by atoms with Gasteiger partial charge in [0.15, 0.2) is 12.1 Å². The van der Waals surface area contributed by atoms with Crippen LogP contribution >= 0.6 is 0 Å². The monoisotopic (exact) mass is 491 g/mol. The van der Waals surface area contributed by atoms with Crippen molar-refractivity contribution in [2.75, 3.05) is 20.2 Å². The molecular formula is C29H49NO5. The van der Waals surface area contributed by atoms with E-state index in [1.54, 1.807) is 0 Å². The minimum absolute atomic E-state index is 0.204. The number of fused-ring (bicyclic) bond motifs is 1. The maximum Gasteiger partial charge on any atom is 0.184 e. The minimum atomic E-state index is -0.991. The first-order valence-electron chi connectivity index (χ1n) is 13.9. The second kappa shape index (κ2) is 14.7. The maximum absolute atomic E-state index is 10.5. The normalized spacial score (nSPS) is 26.3. The molecule has 35 heavy (non-hydrogen) atoms. The third kappa shape index (κ3) is 9.42. The Morgan fingerprint density at radius 3 is 2.17 bits per heavy atom. The van der Waals surface area contributed by atoms with E-state index in [0.29, 0.717) is 13.2 Å². The molecule has 0 radical (unpaired) electrons. The Balaban J connectivity index is 1.46. The number of aliphatic hydroxyl groups is 1. The molecule has 1 aromatic carbocycles. The van der Waals surface area contributed by atoms with E-state index in [1.165, 1.54) is 63.4 Å². The van der Waals surface area contributed by atoms with Gasteiger partial charge < -0.3 is 24.1 Å². The van der Waals surface area contributed by atoms with E-state index < -0.39 is 18.2 Å². The van der Waals surface area contributed by atoms with Crippen molar-refractivity contribution in [3.8, 4) is 0 Å². The molecule has 0 bridgehead atoms. The van der Waals surface area contributed by atoms with Crippen LogP contribution in [0.25, 0.3) is 0 Å². The van der Waals surface area contributed by atoms with Gasteiger partial charge in [0.05, 0.1) is 6.10 Å². The third-order valence-electron chi connectivity index (χ3n) is 7.05. The zero-order valence-electron chi connectivity index (χ0n) is 22.5. The molecule has 2 aliphatic rings. The Morgan fingerprint density at radius 1 is 0.914 bits per heavy atom. The Morgan fingerprint density at radius 2 is 1.51 bits per heavy atom. The molecule has 0 spiro atoms. The van der Waals surface area contributed by atoms with Crippen LogP contribution < -0.4 is 0 Å². The van der Waals surface area contributed by atoms with E-state index in [9.17, 15) is 5.11 Å². The van der Waals surface area contributed by atoms with E-state index >= 15 is 0 Å². The highest BCUT2D eigenvalue weighted by molar-refractivity contribution is 5.14. The van der Waals surface area contributed by atoms with Gasteiger partial charge in [-0.15, -0.1) is 0 Å². The van der Waals surface area contributed by atoms with Crippen LogP contribution in [0.15, 0.2) is 30.3 Å². The zero-order valence-corrected chi connectivity index (χ0v) is 22.5. The van der Waals surface area contributed by atoms with Crippen LogP contribution in [0.3, 0.4) is 0 Å². The number of nitrogens with zero attached hydrogens (tertiary/aromatic N) is 1. The number of ether oxygens (including phenoxy) is 4. The predicted octanol–water partition coefficient (Wildman–Crippen LogP) is 5.66.